The fourth-order valence-electron chi connectivity index (χ4n) is 3.39. The quantitative estimate of drug-likeness (QED) is 0.842. The number of nitrogens with two attached hydrogens (primary N) is 1. The van der Waals surface area contributed by atoms with Crippen molar-refractivity contribution in [2.24, 2.45) is 23.5 Å². The number of hydrogen-bond acceptors (Lipinski definition) is 2. The fraction of sp³-hybridized carbons (Fsp3) is 0.929. The first kappa shape index (κ1) is 13.9. The van der Waals surface area contributed by atoms with Gasteiger partial charge in [0.25, 0.3) is 0 Å². The van der Waals surface area contributed by atoms with Crippen molar-refractivity contribution in [2.75, 3.05) is 6.54 Å². The van der Waals surface area contributed by atoms with Crippen molar-refractivity contribution in [1.29, 1.82) is 0 Å². The Morgan fingerprint density at radius 2 is 1.78 bits per heavy atom. The van der Waals surface area contributed by atoms with E-state index in [-0.39, 0.29) is 30.5 Å². The highest BCUT2D eigenvalue weighted by molar-refractivity contribution is 5.81. The van der Waals surface area contributed by atoms with E-state index >= 15 is 0 Å². The van der Waals surface area contributed by atoms with E-state index in [2.05, 4.69) is 0 Å². The average molecular weight is 259 g/mol. The smallest absolute Gasteiger partial charge is 0.248 e. The molecular formula is C14H23F2NO. The molecule has 0 aromatic rings. The molecule has 0 heterocycles. The lowest BCUT2D eigenvalue weighted by Crippen LogP contribution is -2.26. The molecule has 0 radical (unpaired) electrons. The van der Waals surface area contributed by atoms with Crippen molar-refractivity contribution in [2.45, 2.75) is 57.3 Å². The van der Waals surface area contributed by atoms with Gasteiger partial charge in [-0.25, -0.2) is 8.78 Å². The van der Waals surface area contributed by atoms with Crippen molar-refractivity contribution < 1.29 is 13.6 Å². The van der Waals surface area contributed by atoms with Crippen molar-refractivity contribution in [3.05, 3.63) is 0 Å². The number of ketones is 1. The third-order valence-electron chi connectivity index (χ3n) is 4.63. The van der Waals surface area contributed by atoms with Crippen molar-refractivity contribution in [3.8, 4) is 0 Å². The first-order valence-corrected chi connectivity index (χ1v) is 7.11. The van der Waals surface area contributed by atoms with Crippen LogP contribution in [-0.4, -0.2) is 18.3 Å². The predicted molar refractivity (Wildman–Crippen MR) is 66.4 cm³/mol. The van der Waals surface area contributed by atoms with Gasteiger partial charge >= 0.3 is 0 Å². The van der Waals surface area contributed by atoms with Crippen LogP contribution in [0, 0.1) is 17.8 Å². The lowest BCUT2D eigenvalue weighted by Gasteiger charge is -2.27. The maximum Gasteiger partial charge on any atom is 0.248 e. The van der Waals surface area contributed by atoms with Gasteiger partial charge < -0.3 is 5.73 Å². The Balaban J connectivity index is 1.76. The average Bonchev–Trinajstić information content (AvgIpc) is 2.68. The standard InChI is InChI=1S/C14H23F2NO/c15-14(16)6-5-11(8-14)7-13(18)12-3-1-10(9-17)2-4-12/h10-12H,1-9,17H2. The molecule has 0 aromatic heterocycles. The van der Waals surface area contributed by atoms with Gasteiger partial charge in [0.2, 0.25) is 5.92 Å². The zero-order chi connectivity index (χ0) is 13.2. The maximum atomic E-state index is 13.1. The van der Waals surface area contributed by atoms with Crippen LogP contribution in [-0.2, 0) is 4.79 Å². The number of carbonyl (C=O) groups is 1. The molecule has 0 bridgehead atoms. The zero-order valence-corrected chi connectivity index (χ0v) is 10.8. The number of Topliss-reactive ketones (excluding diaryl/α,β-unsaturated/α-hetero) is 1. The van der Waals surface area contributed by atoms with Crippen LogP contribution in [0.15, 0.2) is 0 Å². The number of rotatable bonds is 4. The van der Waals surface area contributed by atoms with Crippen LogP contribution in [0.5, 0.6) is 0 Å². The second kappa shape index (κ2) is 5.64. The number of carbonyl (C=O) groups excluding carboxylic acids is 1. The molecule has 2 N–H and O–H groups in total. The maximum absolute atomic E-state index is 13.1. The Morgan fingerprint density at radius 1 is 1.11 bits per heavy atom. The molecule has 0 amide bonds. The van der Waals surface area contributed by atoms with Gasteiger partial charge in [0, 0.05) is 25.2 Å². The summed E-state index contributed by atoms with van der Waals surface area (Å²) in [5.41, 5.74) is 5.62. The van der Waals surface area contributed by atoms with Crippen LogP contribution in [0.3, 0.4) is 0 Å². The van der Waals surface area contributed by atoms with Gasteiger partial charge in [-0.3, -0.25) is 4.79 Å². The van der Waals surface area contributed by atoms with E-state index in [9.17, 15) is 13.6 Å². The number of alkyl halides is 2. The minimum Gasteiger partial charge on any atom is -0.330 e. The van der Waals surface area contributed by atoms with Gasteiger partial charge in [0.05, 0.1) is 0 Å². The molecule has 1 atom stereocenters. The van der Waals surface area contributed by atoms with Gasteiger partial charge in [-0.05, 0) is 50.5 Å². The van der Waals surface area contributed by atoms with Crippen molar-refractivity contribution >= 4 is 5.78 Å². The first-order chi connectivity index (χ1) is 8.50. The summed E-state index contributed by atoms with van der Waals surface area (Å²) in [5.74, 6) is -1.72. The molecule has 4 heteroatoms. The summed E-state index contributed by atoms with van der Waals surface area (Å²) in [6.45, 7) is 0.704. The fourth-order valence-corrected chi connectivity index (χ4v) is 3.39. The molecule has 2 fully saturated rings. The van der Waals surface area contributed by atoms with Crippen LogP contribution >= 0.6 is 0 Å². The molecule has 1 unspecified atom stereocenters. The second-order valence-electron chi connectivity index (χ2n) is 6.09. The Kier molecular flexibility index (Phi) is 4.36. The topological polar surface area (TPSA) is 43.1 Å². The summed E-state index contributed by atoms with van der Waals surface area (Å²) < 4.78 is 26.1. The first-order valence-electron chi connectivity index (χ1n) is 7.11. The third kappa shape index (κ3) is 3.50. The van der Waals surface area contributed by atoms with E-state index in [1.165, 1.54) is 0 Å². The van der Waals surface area contributed by atoms with E-state index in [0.717, 1.165) is 25.7 Å². The summed E-state index contributed by atoms with van der Waals surface area (Å²) in [6, 6.07) is 0. The van der Waals surface area contributed by atoms with Crippen LogP contribution < -0.4 is 5.73 Å². The normalized spacial score (nSPS) is 35.6. The highest BCUT2D eigenvalue weighted by Gasteiger charge is 2.40. The van der Waals surface area contributed by atoms with Gasteiger partial charge in [0.15, 0.2) is 0 Å². The third-order valence-corrected chi connectivity index (χ3v) is 4.63. The summed E-state index contributed by atoms with van der Waals surface area (Å²) in [6.07, 6.45) is 4.61. The zero-order valence-electron chi connectivity index (χ0n) is 10.8. The van der Waals surface area contributed by atoms with E-state index in [1.54, 1.807) is 0 Å². The molecule has 0 saturated heterocycles. The minimum atomic E-state index is -2.53. The largest absolute Gasteiger partial charge is 0.330 e. The lowest BCUT2D eigenvalue weighted by atomic mass is 9.78. The molecule has 2 aliphatic rings. The van der Waals surface area contributed by atoms with Crippen molar-refractivity contribution in [1.82, 2.24) is 0 Å². The van der Waals surface area contributed by atoms with E-state index in [0.29, 0.717) is 25.3 Å². The highest BCUT2D eigenvalue weighted by atomic mass is 19.3. The van der Waals surface area contributed by atoms with Crippen LogP contribution in [0.25, 0.3) is 0 Å². The minimum absolute atomic E-state index is 0.0368. The van der Waals surface area contributed by atoms with E-state index < -0.39 is 5.92 Å². The Morgan fingerprint density at radius 3 is 2.28 bits per heavy atom. The molecule has 0 aromatic carbocycles. The van der Waals surface area contributed by atoms with Gasteiger partial charge in [0.1, 0.15) is 5.78 Å². The van der Waals surface area contributed by atoms with Crippen LogP contribution in [0.1, 0.15) is 51.4 Å². The van der Waals surface area contributed by atoms with Crippen LogP contribution in [0.4, 0.5) is 8.78 Å². The predicted octanol–water partition coefficient (Wildman–Crippen LogP) is 3.15. The summed E-state index contributed by atoms with van der Waals surface area (Å²) >= 11 is 0. The summed E-state index contributed by atoms with van der Waals surface area (Å²) in [4.78, 5) is 12.1. The molecule has 2 aliphatic carbocycles. The molecule has 0 spiro atoms. The molecule has 104 valence electrons. The summed E-state index contributed by atoms with van der Waals surface area (Å²) in [7, 11) is 0. The molecule has 0 aliphatic heterocycles. The Labute approximate surface area is 107 Å². The number of halogens is 2. The molecule has 2 nitrogen and oxygen atoms in total. The van der Waals surface area contributed by atoms with E-state index in [4.69, 9.17) is 5.73 Å². The Bertz CT molecular complexity index is 298. The van der Waals surface area contributed by atoms with Gasteiger partial charge in [-0.1, -0.05) is 0 Å². The van der Waals surface area contributed by atoms with Gasteiger partial charge in [-0.15, -0.1) is 0 Å². The summed E-state index contributed by atoms with van der Waals surface area (Å²) in [5, 5.41) is 0. The van der Waals surface area contributed by atoms with Crippen LogP contribution in [0.2, 0.25) is 0 Å². The highest BCUT2D eigenvalue weighted by Crippen LogP contribution is 2.41. The second-order valence-corrected chi connectivity index (χ2v) is 6.09. The molecular weight excluding hydrogens is 236 g/mol. The van der Waals surface area contributed by atoms with Crippen molar-refractivity contribution in [3.63, 3.8) is 0 Å². The monoisotopic (exact) mass is 259 g/mol. The Hall–Kier alpha value is -0.510. The number of hydrogen-bond donors (Lipinski definition) is 1. The SMILES string of the molecule is NCC1CCC(C(=O)CC2CCC(F)(F)C2)CC1. The molecule has 2 rings (SSSR count). The molecule has 2 saturated carbocycles. The lowest BCUT2D eigenvalue weighted by molar-refractivity contribution is -0.125. The van der Waals surface area contributed by atoms with E-state index in [1.807, 2.05) is 0 Å². The molecule has 18 heavy (non-hydrogen) atoms. The van der Waals surface area contributed by atoms with Gasteiger partial charge in [-0.2, -0.15) is 0 Å².